The molecule has 23 heavy (non-hydrogen) atoms. The summed E-state index contributed by atoms with van der Waals surface area (Å²) in [6.45, 7) is 2.08. The first kappa shape index (κ1) is 14.6. The van der Waals surface area contributed by atoms with Crippen molar-refractivity contribution < 1.29 is 19.5 Å². The quantitative estimate of drug-likeness (QED) is 0.799. The minimum Gasteiger partial charge on any atom is -0.507 e. The van der Waals surface area contributed by atoms with Crippen LogP contribution in [0.1, 0.15) is 53.3 Å². The van der Waals surface area contributed by atoms with Gasteiger partial charge >= 0.3 is 0 Å². The summed E-state index contributed by atoms with van der Waals surface area (Å²) in [6.07, 6.45) is 2.95. The lowest BCUT2D eigenvalue weighted by molar-refractivity contribution is -0.132. The number of phenolic OH excluding ortho intramolecular Hbond substituents is 1. The van der Waals surface area contributed by atoms with Gasteiger partial charge in [0.05, 0.1) is 5.56 Å². The van der Waals surface area contributed by atoms with Crippen molar-refractivity contribution in [3.8, 4) is 5.75 Å². The summed E-state index contributed by atoms with van der Waals surface area (Å²) in [5.74, 6) is -0.938. The predicted molar refractivity (Wildman–Crippen MR) is 83.4 cm³/mol. The van der Waals surface area contributed by atoms with E-state index in [0.717, 1.165) is 12.8 Å². The van der Waals surface area contributed by atoms with Crippen molar-refractivity contribution in [2.75, 3.05) is 0 Å². The Labute approximate surface area is 134 Å². The number of phenols is 1. The smallest absolute Gasteiger partial charge is 0.171 e. The molecule has 5 atom stereocenters. The number of fused-ring (bicyclic) bond motifs is 4. The lowest BCUT2D eigenvalue weighted by Crippen LogP contribution is -2.51. The van der Waals surface area contributed by atoms with Gasteiger partial charge in [0.1, 0.15) is 11.5 Å². The molecular weight excluding hydrogens is 292 g/mol. The van der Waals surface area contributed by atoms with Crippen LogP contribution in [-0.2, 0) is 4.79 Å². The standard InChI is InChI=1S/C19H20O4/c1-9-7-10-5-6-12-17(15(10)14(21)8-9)19(23)11-3-2-4-13(20)16(11)18(12)22/h2-4,9-10,12,15,17,20H,5-8H2,1H3/t9-,10+,12+,15+,17-/m1/s1. The van der Waals surface area contributed by atoms with Crippen LogP contribution >= 0.6 is 0 Å². The van der Waals surface area contributed by atoms with Gasteiger partial charge in [-0.05, 0) is 37.2 Å². The molecule has 1 aromatic rings. The molecule has 4 heteroatoms. The molecule has 0 amide bonds. The molecule has 120 valence electrons. The maximum absolute atomic E-state index is 13.0. The largest absolute Gasteiger partial charge is 0.507 e. The van der Waals surface area contributed by atoms with E-state index in [1.807, 2.05) is 0 Å². The molecule has 2 fully saturated rings. The Bertz CT molecular complexity index is 720. The van der Waals surface area contributed by atoms with Crippen LogP contribution in [0, 0.1) is 29.6 Å². The van der Waals surface area contributed by atoms with E-state index in [1.165, 1.54) is 6.07 Å². The first-order valence-electron chi connectivity index (χ1n) is 8.42. The number of hydrogen-bond acceptors (Lipinski definition) is 4. The minimum absolute atomic E-state index is 0.120. The van der Waals surface area contributed by atoms with E-state index >= 15 is 0 Å². The molecule has 0 bridgehead atoms. The van der Waals surface area contributed by atoms with Gasteiger partial charge in [0.15, 0.2) is 11.6 Å². The highest BCUT2D eigenvalue weighted by Crippen LogP contribution is 2.51. The van der Waals surface area contributed by atoms with Crippen molar-refractivity contribution in [3.05, 3.63) is 29.3 Å². The zero-order valence-corrected chi connectivity index (χ0v) is 13.1. The van der Waals surface area contributed by atoms with Crippen molar-refractivity contribution in [3.63, 3.8) is 0 Å². The van der Waals surface area contributed by atoms with Gasteiger partial charge < -0.3 is 5.11 Å². The van der Waals surface area contributed by atoms with E-state index in [4.69, 9.17) is 0 Å². The molecule has 4 rings (SSSR count). The third-order valence-electron chi connectivity index (χ3n) is 6.00. The van der Waals surface area contributed by atoms with Gasteiger partial charge in [0, 0.05) is 29.7 Å². The second-order valence-corrected chi connectivity index (χ2v) is 7.44. The van der Waals surface area contributed by atoms with Crippen LogP contribution in [0.2, 0.25) is 0 Å². The van der Waals surface area contributed by atoms with Crippen molar-refractivity contribution in [2.45, 2.75) is 32.6 Å². The summed E-state index contributed by atoms with van der Waals surface area (Å²) in [5.41, 5.74) is 0.456. The molecule has 3 aliphatic rings. The van der Waals surface area contributed by atoms with Gasteiger partial charge in [-0.25, -0.2) is 0 Å². The van der Waals surface area contributed by atoms with Crippen LogP contribution in [-0.4, -0.2) is 22.5 Å². The van der Waals surface area contributed by atoms with Crippen LogP contribution in [0.25, 0.3) is 0 Å². The summed E-state index contributed by atoms with van der Waals surface area (Å²) in [4.78, 5) is 38.5. The van der Waals surface area contributed by atoms with Crippen LogP contribution in [0.15, 0.2) is 18.2 Å². The van der Waals surface area contributed by atoms with Crippen molar-refractivity contribution in [1.29, 1.82) is 0 Å². The zero-order valence-electron chi connectivity index (χ0n) is 13.1. The molecule has 0 aromatic heterocycles. The molecule has 0 aliphatic heterocycles. The van der Waals surface area contributed by atoms with Crippen molar-refractivity contribution >= 4 is 17.3 Å². The number of hydrogen-bond donors (Lipinski definition) is 1. The van der Waals surface area contributed by atoms with Gasteiger partial charge in [-0.2, -0.15) is 0 Å². The first-order valence-corrected chi connectivity index (χ1v) is 8.42. The number of Topliss-reactive ketones (excluding diaryl/α,β-unsaturated/α-hetero) is 3. The fourth-order valence-electron chi connectivity index (χ4n) is 5.11. The third kappa shape index (κ3) is 2.00. The van der Waals surface area contributed by atoms with Gasteiger partial charge in [-0.15, -0.1) is 0 Å². The fraction of sp³-hybridized carbons (Fsp3) is 0.526. The van der Waals surface area contributed by atoms with Crippen LogP contribution in [0.5, 0.6) is 5.75 Å². The average Bonchev–Trinajstić information content (AvgIpc) is 2.51. The van der Waals surface area contributed by atoms with E-state index in [2.05, 4.69) is 6.92 Å². The zero-order chi connectivity index (χ0) is 16.3. The van der Waals surface area contributed by atoms with Crippen LogP contribution in [0.4, 0.5) is 0 Å². The predicted octanol–water partition coefficient (Wildman–Crippen LogP) is 3.03. The molecule has 2 saturated carbocycles. The number of carbonyl (C=O) groups excluding carboxylic acids is 3. The van der Waals surface area contributed by atoms with Crippen molar-refractivity contribution in [1.82, 2.24) is 0 Å². The number of aromatic hydroxyl groups is 1. The average molecular weight is 312 g/mol. The molecular formula is C19H20O4. The van der Waals surface area contributed by atoms with Gasteiger partial charge in [-0.3, -0.25) is 14.4 Å². The molecule has 0 spiro atoms. The van der Waals surface area contributed by atoms with Gasteiger partial charge in [0.2, 0.25) is 0 Å². The van der Waals surface area contributed by atoms with Crippen molar-refractivity contribution in [2.24, 2.45) is 29.6 Å². The Morgan fingerprint density at radius 2 is 1.83 bits per heavy atom. The molecule has 0 saturated heterocycles. The van der Waals surface area contributed by atoms with Crippen LogP contribution < -0.4 is 0 Å². The molecule has 1 N–H and O–H groups in total. The summed E-state index contributed by atoms with van der Waals surface area (Å²) in [6, 6.07) is 4.64. The summed E-state index contributed by atoms with van der Waals surface area (Å²) in [7, 11) is 0. The SMILES string of the molecule is C[C@H]1CC(=O)[C@@H]2[C@@H](CC[C@@H]3C(=O)c4c(O)cccc4C(=O)[C@@H]23)C1. The number of ketones is 3. The number of carbonyl (C=O) groups is 3. The molecule has 4 nitrogen and oxygen atoms in total. The Kier molecular flexibility index (Phi) is 3.19. The lowest BCUT2D eigenvalue weighted by Gasteiger charge is -2.46. The highest BCUT2D eigenvalue weighted by molar-refractivity contribution is 6.18. The second-order valence-electron chi connectivity index (χ2n) is 7.44. The van der Waals surface area contributed by atoms with Gasteiger partial charge in [-0.1, -0.05) is 19.1 Å². The summed E-state index contributed by atoms with van der Waals surface area (Å²) < 4.78 is 0. The molecule has 3 aliphatic carbocycles. The maximum Gasteiger partial charge on any atom is 0.171 e. The fourth-order valence-corrected chi connectivity index (χ4v) is 5.11. The van der Waals surface area contributed by atoms with E-state index in [-0.39, 0.29) is 40.5 Å². The normalized spacial score (nSPS) is 36.2. The third-order valence-corrected chi connectivity index (χ3v) is 6.00. The topological polar surface area (TPSA) is 71.4 Å². The van der Waals surface area contributed by atoms with E-state index in [0.29, 0.717) is 24.3 Å². The highest BCUT2D eigenvalue weighted by Gasteiger charge is 2.54. The van der Waals surface area contributed by atoms with Gasteiger partial charge in [0.25, 0.3) is 0 Å². The highest BCUT2D eigenvalue weighted by atomic mass is 16.3. The first-order chi connectivity index (χ1) is 11.0. The number of rotatable bonds is 0. The number of benzene rings is 1. The molecule has 0 heterocycles. The monoisotopic (exact) mass is 312 g/mol. The molecule has 0 unspecified atom stereocenters. The Morgan fingerprint density at radius 1 is 1.04 bits per heavy atom. The lowest BCUT2D eigenvalue weighted by atomic mass is 9.55. The Hall–Kier alpha value is -1.97. The summed E-state index contributed by atoms with van der Waals surface area (Å²) in [5, 5.41) is 10.0. The minimum atomic E-state index is -0.518. The van der Waals surface area contributed by atoms with E-state index in [1.54, 1.807) is 12.1 Å². The molecule has 1 aromatic carbocycles. The van der Waals surface area contributed by atoms with E-state index < -0.39 is 11.8 Å². The second kappa shape index (κ2) is 5.02. The maximum atomic E-state index is 13.0. The van der Waals surface area contributed by atoms with E-state index in [9.17, 15) is 19.5 Å². The molecule has 0 radical (unpaired) electrons. The Morgan fingerprint density at radius 3 is 2.61 bits per heavy atom. The Balaban J connectivity index is 1.81. The summed E-state index contributed by atoms with van der Waals surface area (Å²) >= 11 is 0. The van der Waals surface area contributed by atoms with Crippen LogP contribution in [0.3, 0.4) is 0 Å².